The van der Waals surface area contributed by atoms with Crippen molar-refractivity contribution in [3.63, 3.8) is 0 Å². The zero-order valence-corrected chi connectivity index (χ0v) is 16.8. The Hall–Kier alpha value is -2.92. The molecule has 0 amide bonds. The van der Waals surface area contributed by atoms with Crippen molar-refractivity contribution >= 4 is 22.7 Å². The van der Waals surface area contributed by atoms with Crippen molar-refractivity contribution in [2.45, 2.75) is 49.8 Å². The smallest absolute Gasteiger partial charge is 0.265 e. The Morgan fingerprint density at radius 3 is 2.77 bits per heavy atom. The molecule has 0 aromatic carbocycles. The number of anilines is 2. The Labute approximate surface area is 177 Å². The highest BCUT2D eigenvalue weighted by molar-refractivity contribution is 5.81. The summed E-state index contributed by atoms with van der Waals surface area (Å²) >= 11 is 0. The van der Waals surface area contributed by atoms with E-state index in [0.717, 1.165) is 29.8 Å². The number of alkyl halides is 2. The number of nitrogen functional groups attached to an aromatic ring is 1. The van der Waals surface area contributed by atoms with Crippen molar-refractivity contribution in [3.8, 4) is 0 Å². The monoisotopic (exact) mass is 430 g/mol. The highest BCUT2D eigenvalue weighted by Crippen LogP contribution is 2.41. The van der Waals surface area contributed by atoms with Crippen LogP contribution in [0.25, 0.3) is 11.2 Å². The normalized spacial score (nSPS) is 22.5. The fourth-order valence-corrected chi connectivity index (χ4v) is 4.27. The topological polar surface area (TPSA) is 132 Å². The number of hydrogen-bond acceptors (Lipinski definition) is 8. The maximum Gasteiger partial charge on any atom is 0.265 e. The fraction of sp³-hybridized carbons (Fsp3) is 0.500. The number of aliphatic hydroxyl groups excluding tert-OH is 1. The molecule has 2 fully saturated rings. The molecule has 9 nitrogen and oxygen atoms in total. The van der Waals surface area contributed by atoms with Crippen LogP contribution in [0.5, 0.6) is 0 Å². The van der Waals surface area contributed by atoms with Crippen molar-refractivity contribution in [3.05, 3.63) is 36.2 Å². The number of aliphatic hydroxyl groups is 1. The molecule has 4 heterocycles. The molecule has 5 rings (SSSR count). The lowest BCUT2D eigenvalue weighted by Gasteiger charge is -2.30. The second kappa shape index (κ2) is 7.34. The number of pyridine rings is 1. The molecular weight excluding hydrogens is 406 g/mol. The van der Waals surface area contributed by atoms with Crippen LogP contribution in [-0.4, -0.2) is 60.8 Å². The van der Waals surface area contributed by atoms with Crippen LogP contribution < -0.4 is 16.4 Å². The van der Waals surface area contributed by atoms with Gasteiger partial charge in [0.25, 0.3) is 6.43 Å². The summed E-state index contributed by atoms with van der Waals surface area (Å²) in [5.41, 5.74) is 14.6. The Morgan fingerprint density at radius 2 is 2.03 bits per heavy atom. The summed E-state index contributed by atoms with van der Waals surface area (Å²) in [6.45, 7) is 1.03. The number of rotatable bonds is 6. The first kappa shape index (κ1) is 20.0. The fourth-order valence-electron chi connectivity index (χ4n) is 4.27. The van der Waals surface area contributed by atoms with Gasteiger partial charge in [0.05, 0.1) is 30.3 Å². The number of hydrogen-bond donors (Lipinski definition) is 3. The molecule has 3 aromatic rings. The average Bonchev–Trinajstić information content (AvgIpc) is 3.41. The van der Waals surface area contributed by atoms with E-state index in [0.29, 0.717) is 36.0 Å². The van der Waals surface area contributed by atoms with E-state index in [-0.39, 0.29) is 13.0 Å². The zero-order chi connectivity index (χ0) is 21.8. The molecule has 0 spiro atoms. The van der Waals surface area contributed by atoms with Crippen LogP contribution in [0.15, 0.2) is 24.9 Å². The number of nitrogens with zero attached hydrogens (tertiary/aromatic N) is 6. The van der Waals surface area contributed by atoms with Gasteiger partial charge < -0.3 is 26.0 Å². The van der Waals surface area contributed by atoms with E-state index in [9.17, 15) is 13.9 Å². The molecule has 2 atom stereocenters. The second-order valence-electron chi connectivity index (χ2n) is 8.50. The third kappa shape index (κ3) is 3.57. The van der Waals surface area contributed by atoms with Gasteiger partial charge >= 0.3 is 0 Å². The van der Waals surface area contributed by atoms with Crippen molar-refractivity contribution in [1.29, 1.82) is 0 Å². The van der Waals surface area contributed by atoms with E-state index < -0.39 is 18.1 Å². The van der Waals surface area contributed by atoms with Crippen LogP contribution in [0.3, 0.4) is 0 Å². The predicted octanol–water partition coefficient (Wildman–Crippen LogP) is 1.26. The lowest BCUT2D eigenvalue weighted by molar-refractivity contribution is -0.0438. The van der Waals surface area contributed by atoms with Gasteiger partial charge in [-0.3, -0.25) is 4.98 Å². The lowest BCUT2D eigenvalue weighted by atomic mass is 9.93. The minimum Gasteiger partial charge on any atom is -0.385 e. The van der Waals surface area contributed by atoms with Gasteiger partial charge in [0, 0.05) is 24.7 Å². The Kier molecular flexibility index (Phi) is 4.74. The van der Waals surface area contributed by atoms with Gasteiger partial charge in [-0.25, -0.2) is 23.7 Å². The maximum atomic E-state index is 13.1. The van der Waals surface area contributed by atoms with Crippen molar-refractivity contribution in [1.82, 2.24) is 24.5 Å². The molecule has 1 aliphatic heterocycles. The van der Waals surface area contributed by atoms with Gasteiger partial charge in [0.1, 0.15) is 17.9 Å². The molecule has 31 heavy (non-hydrogen) atoms. The summed E-state index contributed by atoms with van der Waals surface area (Å²) in [5.74, 6) is 0.768. The first-order chi connectivity index (χ1) is 14.9. The summed E-state index contributed by atoms with van der Waals surface area (Å²) in [7, 11) is 0. The van der Waals surface area contributed by atoms with Gasteiger partial charge in [-0.2, -0.15) is 0 Å². The van der Waals surface area contributed by atoms with Gasteiger partial charge in [0.15, 0.2) is 11.5 Å². The summed E-state index contributed by atoms with van der Waals surface area (Å²) < 4.78 is 28.1. The van der Waals surface area contributed by atoms with Gasteiger partial charge in [0.2, 0.25) is 0 Å². The quantitative estimate of drug-likeness (QED) is 0.533. The van der Waals surface area contributed by atoms with E-state index in [1.165, 1.54) is 6.33 Å². The van der Waals surface area contributed by atoms with E-state index in [4.69, 9.17) is 11.5 Å². The van der Waals surface area contributed by atoms with E-state index in [1.807, 2.05) is 9.47 Å². The van der Waals surface area contributed by atoms with E-state index >= 15 is 0 Å². The van der Waals surface area contributed by atoms with Gasteiger partial charge in [-0.1, -0.05) is 0 Å². The number of halogens is 2. The molecule has 0 unspecified atom stereocenters. The van der Waals surface area contributed by atoms with Crippen molar-refractivity contribution in [2.75, 3.05) is 23.7 Å². The van der Waals surface area contributed by atoms with Gasteiger partial charge in [-0.05, 0) is 30.9 Å². The third-order valence-corrected chi connectivity index (χ3v) is 6.25. The molecule has 1 saturated heterocycles. The molecular formula is C20H24F2N8O. The van der Waals surface area contributed by atoms with Crippen LogP contribution in [0, 0.1) is 0 Å². The molecule has 164 valence electrons. The highest BCUT2D eigenvalue weighted by atomic mass is 19.3. The first-order valence-corrected chi connectivity index (χ1v) is 10.3. The van der Waals surface area contributed by atoms with Crippen LogP contribution in [0.2, 0.25) is 0 Å². The zero-order valence-electron chi connectivity index (χ0n) is 16.8. The van der Waals surface area contributed by atoms with E-state index in [2.05, 4.69) is 26.0 Å². The summed E-state index contributed by atoms with van der Waals surface area (Å²) in [6.07, 6.45) is 2.56. The largest absolute Gasteiger partial charge is 0.385 e. The number of imidazole rings is 1. The number of nitrogens with two attached hydrogens (primary N) is 2. The minimum absolute atomic E-state index is 0.121. The average molecular weight is 430 g/mol. The minimum atomic E-state index is -2.89. The van der Waals surface area contributed by atoms with E-state index in [1.54, 1.807) is 12.5 Å². The molecule has 11 heteroatoms. The molecule has 1 saturated carbocycles. The van der Waals surface area contributed by atoms with Crippen LogP contribution >= 0.6 is 0 Å². The number of fused-ring (bicyclic) bond motifs is 1. The Bertz CT molecular complexity index is 1120. The van der Waals surface area contributed by atoms with Gasteiger partial charge in [-0.15, -0.1) is 0 Å². The Balaban J connectivity index is 1.49. The van der Waals surface area contributed by atoms with Crippen LogP contribution in [0.1, 0.15) is 36.4 Å². The van der Waals surface area contributed by atoms with Crippen LogP contribution in [-0.2, 0) is 6.54 Å². The number of aromatic nitrogens is 5. The SMILES string of the molecule is Nc1ncnc2c1ncn2Cc1cc(C2CC2)ncc1N1CC[C@](N)([C@H](O)C(F)F)C1. The lowest BCUT2D eigenvalue weighted by Crippen LogP contribution is -2.55. The molecule has 5 N–H and O–H groups in total. The van der Waals surface area contributed by atoms with Crippen molar-refractivity contribution < 1.29 is 13.9 Å². The van der Waals surface area contributed by atoms with Crippen LogP contribution in [0.4, 0.5) is 20.3 Å². The second-order valence-corrected chi connectivity index (χ2v) is 8.50. The molecule has 0 bridgehead atoms. The molecule has 2 aliphatic rings. The Morgan fingerprint density at radius 1 is 1.23 bits per heavy atom. The standard InChI is InChI=1S/C20H24F2N8O/c21-17(22)16(31)20(24)3-4-29(8-20)14-6-25-13(11-1-2-11)5-12(14)7-30-10-28-15-18(23)26-9-27-19(15)30/h5-6,9-11,16-17,31H,1-4,7-8,24H2,(H2,23,26,27)/t16-,20-/m1/s1. The summed E-state index contributed by atoms with van der Waals surface area (Å²) in [5, 5.41) is 9.94. The highest BCUT2D eigenvalue weighted by Gasteiger charge is 2.45. The van der Waals surface area contributed by atoms with Crippen molar-refractivity contribution in [2.24, 2.45) is 5.73 Å². The summed E-state index contributed by atoms with van der Waals surface area (Å²) in [4.78, 5) is 19.1. The first-order valence-electron chi connectivity index (χ1n) is 10.3. The maximum absolute atomic E-state index is 13.1. The molecule has 0 radical (unpaired) electrons. The molecule has 1 aliphatic carbocycles. The summed E-state index contributed by atoms with van der Waals surface area (Å²) in [6, 6.07) is 2.06. The predicted molar refractivity (Wildman–Crippen MR) is 111 cm³/mol. The molecule has 3 aromatic heterocycles. The third-order valence-electron chi connectivity index (χ3n) is 6.25.